The first-order valence-electron chi connectivity index (χ1n) is 8.85. The van der Waals surface area contributed by atoms with Crippen LogP contribution < -0.4 is 14.4 Å². The first-order chi connectivity index (χ1) is 14.6. The third kappa shape index (κ3) is 6.38. The smallest absolute Gasteiger partial charge is 0.478 e. The van der Waals surface area contributed by atoms with Crippen molar-refractivity contribution in [3.05, 3.63) is 42.2 Å². The van der Waals surface area contributed by atoms with Crippen LogP contribution in [0.3, 0.4) is 0 Å². The minimum atomic E-state index is -4.85. The average molecular weight is 449 g/mol. The Labute approximate surface area is 172 Å². The molecular weight excluding hydrogens is 433 g/mol. The molecule has 1 fully saturated rings. The highest BCUT2D eigenvalue weighted by Gasteiger charge is 2.35. The molecule has 3 rings (SSSR count). The van der Waals surface area contributed by atoms with Gasteiger partial charge in [-0.15, -0.1) is 13.2 Å². The molecule has 0 spiro atoms. The maximum absolute atomic E-state index is 12.5. The molecule has 168 valence electrons. The Bertz CT molecular complexity index is 880. The summed E-state index contributed by atoms with van der Waals surface area (Å²) in [4.78, 5) is 20.4. The molecule has 0 saturated carbocycles. The molecular formula is C18H16F5N3O5. The van der Waals surface area contributed by atoms with E-state index in [4.69, 9.17) is 9.84 Å². The summed E-state index contributed by atoms with van der Waals surface area (Å²) in [5.41, 5.74) is -0.0403. The molecule has 0 bridgehead atoms. The third-order valence-electron chi connectivity index (χ3n) is 4.31. The van der Waals surface area contributed by atoms with E-state index >= 15 is 0 Å². The highest BCUT2D eigenvalue weighted by Crippen LogP contribution is 2.29. The molecule has 0 aromatic carbocycles. The summed E-state index contributed by atoms with van der Waals surface area (Å²) in [7, 11) is 0. The molecule has 13 heteroatoms. The van der Waals surface area contributed by atoms with Gasteiger partial charge in [-0.2, -0.15) is 8.78 Å². The molecule has 8 nitrogen and oxygen atoms in total. The van der Waals surface area contributed by atoms with Crippen LogP contribution in [0.15, 0.2) is 36.7 Å². The average Bonchev–Trinajstić information content (AvgIpc) is 3.09. The van der Waals surface area contributed by atoms with Crippen LogP contribution in [0.5, 0.6) is 11.6 Å². The second-order valence-corrected chi connectivity index (χ2v) is 6.47. The number of hydrogen-bond donors (Lipinski definition) is 1. The van der Waals surface area contributed by atoms with Crippen LogP contribution in [0.4, 0.5) is 27.8 Å². The molecule has 1 N–H and O–H groups in total. The van der Waals surface area contributed by atoms with Gasteiger partial charge in [-0.05, 0) is 18.2 Å². The van der Waals surface area contributed by atoms with Crippen molar-refractivity contribution >= 4 is 11.8 Å². The second kappa shape index (κ2) is 9.29. The molecule has 3 heterocycles. The molecule has 0 amide bonds. The number of aromatic carboxylic acids is 1. The Hall–Kier alpha value is -3.22. The molecule has 2 aromatic rings. The number of anilines is 1. The third-order valence-corrected chi connectivity index (χ3v) is 4.31. The zero-order chi connectivity index (χ0) is 22.6. The number of ether oxygens (including phenoxy) is 3. The van der Waals surface area contributed by atoms with Crippen molar-refractivity contribution in [2.45, 2.75) is 31.5 Å². The van der Waals surface area contributed by atoms with Gasteiger partial charge in [0, 0.05) is 18.7 Å². The zero-order valence-corrected chi connectivity index (χ0v) is 15.6. The number of nitrogens with zero attached hydrogens (tertiary/aromatic N) is 3. The number of aromatic nitrogens is 2. The quantitative estimate of drug-likeness (QED) is 0.614. The summed E-state index contributed by atoms with van der Waals surface area (Å²) in [6, 6.07) is 4.42. The number of carboxylic acid groups (broad SMARTS) is 1. The summed E-state index contributed by atoms with van der Waals surface area (Å²) in [5.74, 6) is -1.33. The van der Waals surface area contributed by atoms with Crippen LogP contribution >= 0.6 is 0 Å². The highest BCUT2D eigenvalue weighted by atomic mass is 19.4. The van der Waals surface area contributed by atoms with Crippen LogP contribution in [-0.4, -0.2) is 59.3 Å². The molecule has 31 heavy (non-hydrogen) atoms. The Morgan fingerprint density at radius 1 is 1.19 bits per heavy atom. The van der Waals surface area contributed by atoms with Crippen LogP contribution in [-0.2, 0) is 4.74 Å². The van der Waals surface area contributed by atoms with E-state index in [9.17, 15) is 26.7 Å². The molecule has 0 unspecified atom stereocenters. The van der Waals surface area contributed by atoms with Crippen LogP contribution in [0.1, 0.15) is 16.8 Å². The fourth-order valence-electron chi connectivity index (χ4n) is 3.07. The summed E-state index contributed by atoms with van der Waals surface area (Å²) >= 11 is 0. The van der Waals surface area contributed by atoms with Gasteiger partial charge in [-0.25, -0.2) is 14.8 Å². The summed E-state index contributed by atoms with van der Waals surface area (Å²) in [5, 5.41) is 8.97. The van der Waals surface area contributed by atoms with Gasteiger partial charge >= 0.3 is 18.9 Å². The number of rotatable bonds is 8. The van der Waals surface area contributed by atoms with Crippen LogP contribution in [0.25, 0.3) is 0 Å². The maximum Gasteiger partial charge on any atom is 0.573 e. The van der Waals surface area contributed by atoms with Crippen molar-refractivity contribution in [2.75, 3.05) is 18.1 Å². The second-order valence-electron chi connectivity index (χ2n) is 6.47. The van der Waals surface area contributed by atoms with E-state index in [1.54, 1.807) is 4.90 Å². The van der Waals surface area contributed by atoms with E-state index in [-0.39, 0.29) is 31.0 Å². The van der Waals surface area contributed by atoms with Crippen molar-refractivity contribution in [2.24, 2.45) is 0 Å². The van der Waals surface area contributed by atoms with Gasteiger partial charge < -0.3 is 24.2 Å². The van der Waals surface area contributed by atoms with Crippen molar-refractivity contribution in [3.8, 4) is 11.6 Å². The Morgan fingerprint density at radius 2 is 1.97 bits per heavy atom. The van der Waals surface area contributed by atoms with Crippen molar-refractivity contribution in [1.82, 2.24) is 9.97 Å². The van der Waals surface area contributed by atoms with Gasteiger partial charge in [0.15, 0.2) is 0 Å². The van der Waals surface area contributed by atoms with Gasteiger partial charge in [-0.1, -0.05) is 0 Å². The number of halogens is 5. The molecule has 0 radical (unpaired) electrons. The van der Waals surface area contributed by atoms with Gasteiger partial charge in [0.25, 0.3) is 0 Å². The Balaban J connectivity index is 1.69. The predicted octanol–water partition coefficient (Wildman–Crippen LogP) is 3.34. The zero-order valence-electron chi connectivity index (χ0n) is 15.6. The topological polar surface area (TPSA) is 94.0 Å². The molecule has 1 saturated heterocycles. The number of alkyl halides is 5. The lowest BCUT2D eigenvalue weighted by Crippen LogP contribution is -2.34. The summed E-state index contributed by atoms with van der Waals surface area (Å²) in [6.45, 7) is -3.14. The highest BCUT2D eigenvalue weighted by molar-refractivity contribution is 5.87. The Morgan fingerprint density at radius 3 is 2.52 bits per heavy atom. The lowest BCUT2D eigenvalue weighted by atomic mass is 10.2. The van der Waals surface area contributed by atoms with Crippen molar-refractivity contribution in [3.63, 3.8) is 0 Å². The van der Waals surface area contributed by atoms with Gasteiger partial charge in [0.1, 0.15) is 17.7 Å². The lowest BCUT2D eigenvalue weighted by Gasteiger charge is -2.25. The lowest BCUT2D eigenvalue weighted by molar-refractivity contribution is -0.274. The maximum atomic E-state index is 12.5. The predicted molar refractivity (Wildman–Crippen MR) is 94.2 cm³/mol. The number of carboxylic acids is 1. The Kier molecular flexibility index (Phi) is 6.73. The molecule has 1 aliphatic heterocycles. The summed E-state index contributed by atoms with van der Waals surface area (Å²) in [6.07, 6.45) is -3.19. The van der Waals surface area contributed by atoms with E-state index in [0.29, 0.717) is 5.82 Å². The van der Waals surface area contributed by atoms with Crippen molar-refractivity contribution in [1.29, 1.82) is 0 Å². The first-order valence-corrected chi connectivity index (χ1v) is 8.85. The van der Waals surface area contributed by atoms with E-state index in [1.807, 2.05) is 0 Å². The van der Waals surface area contributed by atoms with Gasteiger partial charge in [0.05, 0.1) is 31.0 Å². The SMILES string of the molecule is O=C(O)c1ccc(N2C[C@@H](Oc3ccc(OC(F)(F)F)cn3)C[C@H]2COC(F)F)nc1. The molecule has 2 aromatic heterocycles. The van der Waals surface area contributed by atoms with Gasteiger partial charge in [-0.3, -0.25) is 0 Å². The van der Waals surface area contributed by atoms with E-state index in [2.05, 4.69) is 19.4 Å². The molecule has 0 aliphatic carbocycles. The van der Waals surface area contributed by atoms with Crippen molar-refractivity contribution < 1.29 is 46.1 Å². The minimum absolute atomic E-state index is 0.0177. The molecule has 1 aliphatic rings. The number of carbonyl (C=O) groups is 1. The first kappa shape index (κ1) is 22.5. The van der Waals surface area contributed by atoms with Gasteiger partial charge in [0.2, 0.25) is 5.88 Å². The largest absolute Gasteiger partial charge is 0.573 e. The normalized spacial score (nSPS) is 19.0. The minimum Gasteiger partial charge on any atom is -0.478 e. The number of hydrogen-bond acceptors (Lipinski definition) is 7. The van der Waals surface area contributed by atoms with Crippen LogP contribution in [0.2, 0.25) is 0 Å². The van der Waals surface area contributed by atoms with Crippen LogP contribution in [0, 0.1) is 0 Å². The monoisotopic (exact) mass is 449 g/mol. The molecule has 2 atom stereocenters. The summed E-state index contributed by atoms with van der Waals surface area (Å²) < 4.78 is 75.5. The standard InChI is InChI=1S/C18H16F5N3O5/c19-17(20)29-9-11-5-13(8-26(11)14-3-1-10(6-24-14)16(27)28)30-15-4-2-12(7-25-15)31-18(21,22)23/h1-4,6-7,11,13,17H,5,8-9H2,(H,27,28)/t11-,13-/m0/s1. The fraction of sp³-hybridized carbons (Fsp3) is 0.389. The van der Waals surface area contributed by atoms with E-state index in [0.717, 1.165) is 18.5 Å². The fourth-order valence-corrected chi connectivity index (χ4v) is 3.07. The van der Waals surface area contributed by atoms with E-state index in [1.165, 1.54) is 18.2 Å². The number of pyridine rings is 2. The van der Waals surface area contributed by atoms with E-state index < -0.39 is 36.8 Å².